The summed E-state index contributed by atoms with van der Waals surface area (Å²) in [6, 6.07) is 5.56. The van der Waals surface area contributed by atoms with Crippen LogP contribution in [0.3, 0.4) is 0 Å². The first-order chi connectivity index (χ1) is 16.1. The van der Waals surface area contributed by atoms with Gasteiger partial charge in [0.2, 0.25) is 0 Å². The van der Waals surface area contributed by atoms with E-state index >= 15 is 4.39 Å². The number of furan rings is 1. The quantitative estimate of drug-likeness (QED) is 0.417. The minimum Gasteiger partial charge on any atom is -0.472 e. The van der Waals surface area contributed by atoms with Crippen molar-refractivity contribution in [3.05, 3.63) is 61.3 Å². The fourth-order valence-corrected chi connectivity index (χ4v) is 3.83. The van der Waals surface area contributed by atoms with Crippen molar-refractivity contribution in [1.29, 1.82) is 0 Å². The van der Waals surface area contributed by atoms with E-state index in [2.05, 4.69) is 35.1 Å². The van der Waals surface area contributed by atoms with Gasteiger partial charge in [-0.1, -0.05) is 0 Å². The van der Waals surface area contributed by atoms with Crippen molar-refractivity contribution < 1.29 is 8.81 Å². The lowest BCUT2D eigenvalue weighted by molar-refractivity contribution is 0.568. The highest BCUT2D eigenvalue weighted by atomic mass is 19.1. The van der Waals surface area contributed by atoms with Gasteiger partial charge in [0.15, 0.2) is 17.3 Å². The van der Waals surface area contributed by atoms with E-state index in [9.17, 15) is 0 Å². The zero-order chi connectivity index (χ0) is 22.5. The monoisotopic (exact) mass is 440 g/mol. The number of nitrogens with one attached hydrogen (secondary N) is 2. The average Bonchev–Trinajstić information content (AvgIpc) is 3.58. The van der Waals surface area contributed by atoms with E-state index in [1.807, 2.05) is 37.2 Å². The predicted molar refractivity (Wildman–Crippen MR) is 122 cm³/mol. The minimum atomic E-state index is -0.502. The molecule has 6 aromatic heterocycles. The van der Waals surface area contributed by atoms with Crippen LogP contribution in [-0.2, 0) is 0 Å². The van der Waals surface area contributed by atoms with E-state index in [0.717, 1.165) is 16.8 Å². The van der Waals surface area contributed by atoms with Gasteiger partial charge in [-0.25, -0.2) is 14.4 Å². The Morgan fingerprint density at radius 2 is 1.94 bits per heavy atom. The zero-order valence-corrected chi connectivity index (χ0v) is 17.7. The second kappa shape index (κ2) is 7.23. The molecule has 6 aromatic rings. The molecular weight excluding hydrogens is 423 g/mol. The number of imidazole rings is 1. The van der Waals surface area contributed by atoms with Crippen LogP contribution in [-0.4, -0.2) is 49.2 Å². The van der Waals surface area contributed by atoms with Gasteiger partial charge in [0.1, 0.15) is 11.4 Å². The van der Waals surface area contributed by atoms with Gasteiger partial charge in [0.05, 0.1) is 47.0 Å². The molecule has 10 heteroatoms. The number of rotatable bonds is 4. The van der Waals surface area contributed by atoms with Crippen molar-refractivity contribution in [3.8, 4) is 33.9 Å². The molecule has 6 heterocycles. The second-order valence-electron chi connectivity index (χ2n) is 7.76. The topological polar surface area (TPSA) is 112 Å². The van der Waals surface area contributed by atoms with Crippen LogP contribution >= 0.6 is 0 Å². The highest BCUT2D eigenvalue weighted by Crippen LogP contribution is 2.34. The maximum atomic E-state index is 15.8. The average molecular weight is 440 g/mol. The van der Waals surface area contributed by atoms with Gasteiger partial charge in [0, 0.05) is 43.2 Å². The summed E-state index contributed by atoms with van der Waals surface area (Å²) in [5.74, 6) is -0.103. The SMILES string of the molecule is CN(C)c1cncc(-c2ncc3[nH]nc(-c4nc5nccc(-c6ccoc6)c5[nH]4)c3c2F)c1. The lowest BCUT2D eigenvalue weighted by Crippen LogP contribution is -2.09. The first kappa shape index (κ1) is 19.1. The summed E-state index contributed by atoms with van der Waals surface area (Å²) in [6.07, 6.45) is 9.78. The van der Waals surface area contributed by atoms with E-state index < -0.39 is 5.82 Å². The molecule has 33 heavy (non-hydrogen) atoms. The van der Waals surface area contributed by atoms with Crippen LogP contribution in [0.4, 0.5) is 10.1 Å². The number of aromatic nitrogens is 7. The molecule has 2 N–H and O–H groups in total. The fraction of sp³-hybridized carbons (Fsp3) is 0.0870. The second-order valence-corrected chi connectivity index (χ2v) is 7.76. The maximum Gasteiger partial charge on any atom is 0.178 e. The lowest BCUT2D eigenvalue weighted by Gasteiger charge is -2.13. The summed E-state index contributed by atoms with van der Waals surface area (Å²) in [7, 11) is 3.80. The van der Waals surface area contributed by atoms with Crippen molar-refractivity contribution in [2.75, 3.05) is 19.0 Å². The Kier molecular flexibility index (Phi) is 4.19. The molecule has 0 unspecified atom stereocenters. The zero-order valence-electron chi connectivity index (χ0n) is 17.7. The number of hydrogen-bond donors (Lipinski definition) is 2. The van der Waals surface area contributed by atoms with Crippen LogP contribution in [0.15, 0.2) is 59.9 Å². The van der Waals surface area contributed by atoms with Crippen molar-refractivity contribution in [2.45, 2.75) is 0 Å². The number of fused-ring (bicyclic) bond motifs is 2. The standard InChI is InChI=1S/C23H17FN8O/c1-32(2)14-7-13(8-25-9-14)19-18(24)17-16(10-27-19)30-31-21(17)23-28-20-15(12-4-6-33-11-12)3-5-26-22(20)29-23/h3-11H,1-2H3,(H,30,31)(H,26,28,29). The Morgan fingerprint density at radius 1 is 1.03 bits per heavy atom. The Hall–Kier alpha value is -4.60. The number of H-pyrrole nitrogens is 2. The van der Waals surface area contributed by atoms with Crippen molar-refractivity contribution in [1.82, 2.24) is 35.1 Å². The summed E-state index contributed by atoms with van der Waals surface area (Å²) in [5, 5.41) is 7.47. The largest absolute Gasteiger partial charge is 0.472 e. The van der Waals surface area contributed by atoms with Gasteiger partial charge in [-0.15, -0.1) is 0 Å². The lowest BCUT2D eigenvalue weighted by atomic mass is 10.1. The molecule has 9 nitrogen and oxygen atoms in total. The third kappa shape index (κ3) is 3.03. The Balaban J connectivity index is 1.53. The summed E-state index contributed by atoms with van der Waals surface area (Å²) < 4.78 is 21.0. The number of halogens is 1. The molecule has 0 fully saturated rings. The Labute approximate surface area is 186 Å². The Bertz CT molecular complexity index is 1620. The van der Waals surface area contributed by atoms with Crippen LogP contribution in [0.25, 0.3) is 56.0 Å². The number of hydrogen-bond acceptors (Lipinski definition) is 7. The predicted octanol–water partition coefficient (Wildman–Crippen LogP) is 4.42. The molecular formula is C23H17FN8O. The highest BCUT2D eigenvalue weighted by Gasteiger charge is 2.21. The normalized spacial score (nSPS) is 11.5. The summed E-state index contributed by atoms with van der Waals surface area (Å²) >= 11 is 0. The van der Waals surface area contributed by atoms with E-state index in [-0.39, 0.29) is 5.69 Å². The summed E-state index contributed by atoms with van der Waals surface area (Å²) in [6.45, 7) is 0. The molecule has 0 aliphatic carbocycles. The molecule has 6 rings (SSSR count). The van der Waals surface area contributed by atoms with Gasteiger partial charge < -0.3 is 14.3 Å². The number of anilines is 1. The molecule has 0 saturated carbocycles. The molecule has 0 saturated heterocycles. The van der Waals surface area contributed by atoms with Gasteiger partial charge >= 0.3 is 0 Å². The molecule has 0 aromatic carbocycles. The fourth-order valence-electron chi connectivity index (χ4n) is 3.83. The molecule has 0 aliphatic rings. The first-order valence-corrected chi connectivity index (χ1v) is 10.1. The smallest absolute Gasteiger partial charge is 0.178 e. The molecule has 0 spiro atoms. The third-order valence-electron chi connectivity index (χ3n) is 5.51. The molecule has 162 valence electrons. The van der Waals surface area contributed by atoms with E-state index in [4.69, 9.17) is 4.42 Å². The van der Waals surface area contributed by atoms with Crippen LogP contribution in [0.2, 0.25) is 0 Å². The van der Waals surface area contributed by atoms with Crippen molar-refractivity contribution in [2.24, 2.45) is 0 Å². The van der Waals surface area contributed by atoms with Crippen molar-refractivity contribution in [3.63, 3.8) is 0 Å². The summed E-state index contributed by atoms with van der Waals surface area (Å²) in [4.78, 5) is 22.6. The highest BCUT2D eigenvalue weighted by molar-refractivity contribution is 5.97. The van der Waals surface area contributed by atoms with E-state index in [0.29, 0.717) is 39.1 Å². The van der Waals surface area contributed by atoms with Crippen LogP contribution in [0.1, 0.15) is 0 Å². The van der Waals surface area contributed by atoms with Crippen molar-refractivity contribution >= 4 is 27.8 Å². The Morgan fingerprint density at radius 3 is 2.76 bits per heavy atom. The van der Waals surface area contributed by atoms with Gasteiger partial charge in [-0.05, 0) is 18.2 Å². The molecule has 0 aliphatic heterocycles. The van der Waals surface area contributed by atoms with Gasteiger partial charge in [-0.2, -0.15) is 5.10 Å². The minimum absolute atomic E-state index is 0.190. The molecule has 0 atom stereocenters. The molecule has 0 radical (unpaired) electrons. The first-order valence-electron chi connectivity index (χ1n) is 10.1. The van der Waals surface area contributed by atoms with E-state index in [1.165, 1.54) is 0 Å². The molecule has 0 amide bonds. The summed E-state index contributed by atoms with van der Waals surface area (Å²) in [5.41, 5.74) is 5.38. The number of nitrogens with zero attached hydrogens (tertiary/aromatic N) is 6. The maximum absolute atomic E-state index is 15.8. The molecule has 0 bridgehead atoms. The van der Waals surface area contributed by atoms with Gasteiger partial charge in [-0.3, -0.25) is 15.1 Å². The third-order valence-corrected chi connectivity index (χ3v) is 5.51. The number of aromatic amines is 2. The van der Waals surface area contributed by atoms with E-state index in [1.54, 1.807) is 37.3 Å². The van der Waals surface area contributed by atoms with Crippen LogP contribution in [0.5, 0.6) is 0 Å². The van der Waals surface area contributed by atoms with Crippen LogP contribution in [0, 0.1) is 5.82 Å². The van der Waals surface area contributed by atoms with Crippen LogP contribution < -0.4 is 4.90 Å². The van der Waals surface area contributed by atoms with Gasteiger partial charge in [0.25, 0.3) is 0 Å². The number of pyridine rings is 3.